The molecule has 0 saturated carbocycles. The van der Waals surface area contributed by atoms with E-state index in [0.29, 0.717) is 6.42 Å². The van der Waals surface area contributed by atoms with E-state index in [1.54, 1.807) is 12.1 Å². The van der Waals surface area contributed by atoms with Gasteiger partial charge in [0, 0.05) is 0 Å². The molecule has 0 amide bonds. The van der Waals surface area contributed by atoms with Crippen LogP contribution >= 0.6 is 0 Å². The lowest BCUT2D eigenvalue weighted by Crippen LogP contribution is -2.28. The molecule has 0 atom stereocenters. The zero-order chi connectivity index (χ0) is 22.2. The topological polar surface area (TPSA) is 63.2 Å². The van der Waals surface area contributed by atoms with Crippen molar-refractivity contribution in [2.24, 2.45) is 7.05 Å². The Balaban J connectivity index is 0.000000467. The normalized spacial score (nSPS) is 11.2. The summed E-state index contributed by atoms with van der Waals surface area (Å²) in [5, 5.41) is 0. The first kappa shape index (κ1) is 26.4. The van der Waals surface area contributed by atoms with E-state index in [2.05, 4.69) is 30.9 Å². The average molecular weight is 438 g/mol. The van der Waals surface area contributed by atoms with Crippen LogP contribution in [0.3, 0.4) is 0 Å². The van der Waals surface area contributed by atoms with Crippen molar-refractivity contribution in [3.05, 3.63) is 48.5 Å². The highest BCUT2D eigenvalue weighted by molar-refractivity contribution is 7.85. The Hall–Kier alpha value is -1.66. The minimum atomic E-state index is -4.10. The molecule has 0 aliphatic rings. The summed E-state index contributed by atoms with van der Waals surface area (Å²) in [6, 6.07) is 6.73. The Bertz CT molecular complexity index is 800. The molecule has 1 aromatic carbocycles. The number of hydrogen-bond donors (Lipinski definition) is 1. The highest BCUT2D eigenvalue weighted by Crippen LogP contribution is 2.18. The van der Waals surface area contributed by atoms with Gasteiger partial charge in [-0.3, -0.25) is 4.55 Å². The van der Waals surface area contributed by atoms with Crippen LogP contribution in [0.15, 0.2) is 47.9 Å². The van der Waals surface area contributed by atoms with Crippen LogP contribution < -0.4 is 4.57 Å². The van der Waals surface area contributed by atoms with E-state index >= 15 is 0 Å². The molecule has 0 radical (unpaired) electrons. The largest absolute Gasteiger partial charge is 0.294 e. The third-order valence-electron chi connectivity index (χ3n) is 5.24. The molecule has 170 valence electrons. The fourth-order valence-corrected chi connectivity index (χ4v) is 4.21. The molecule has 2 aromatic rings. The molecule has 6 heteroatoms. The van der Waals surface area contributed by atoms with Crippen molar-refractivity contribution in [2.75, 3.05) is 0 Å². The molecule has 2 rings (SSSR count). The first-order chi connectivity index (χ1) is 14.4. The maximum Gasteiger partial charge on any atom is 0.294 e. The smallest absolute Gasteiger partial charge is 0.282 e. The third kappa shape index (κ3) is 11.5. The molecule has 0 saturated heterocycles. The third-order valence-corrected chi connectivity index (χ3v) is 6.19. The van der Waals surface area contributed by atoms with Crippen LogP contribution in [-0.2, 0) is 30.1 Å². The minimum Gasteiger partial charge on any atom is -0.282 e. The molecule has 1 heterocycles. The van der Waals surface area contributed by atoms with Gasteiger partial charge in [-0.25, -0.2) is 9.13 Å². The van der Waals surface area contributed by atoms with Crippen LogP contribution in [0.2, 0.25) is 0 Å². The van der Waals surface area contributed by atoms with Crippen molar-refractivity contribution in [3.63, 3.8) is 0 Å². The lowest BCUT2D eigenvalue weighted by Gasteiger charge is -2.07. The lowest BCUT2D eigenvalue weighted by molar-refractivity contribution is -0.693. The molecule has 1 N–H and O–H groups in total. The second kappa shape index (κ2) is 15.2. The number of aromatic nitrogens is 2. The molecule has 1 aromatic heterocycles. The van der Waals surface area contributed by atoms with Gasteiger partial charge >= 0.3 is 0 Å². The van der Waals surface area contributed by atoms with E-state index in [1.807, 2.05) is 23.9 Å². The quantitative estimate of drug-likeness (QED) is 0.247. The molecule has 0 bridgehead atoms. The van der Waals surface area contributed by atoms with E-state index in [-0.39, 0.29) is 4.90 Å². The van der Waals surface area contributed by atoms with E-state index in [4.69, 9.17) is 0 Å². The van der Waals surface area contributed by atoms with Crippen molar-refractivity contribution in [1.29, 1.82) is 0 Å². The Kier molecular flexibility index (Phi) is 13.4. The Labute approximate surface area is 183 Å². The van der Waals surface area contributed by atoms with E-state index in [9.17, 15) is 13.0 Å². The number of hydrogen-bond acceptors (Lipinski definition) is 2. The van der Waals surface area contributed by atoms with Gasteiger partial charge in [-0.15, -0.1) is 0 Å². The first-order valence-corrected chi connectivity index (χ1v) is 12.9. The number of aryl methyl sites for hydroxylation is 3. The maximum absolute atomic E-state index is 11.3. The second-order valence-electron chi connectivity index (χ2n) is 7.92. The highest BCUT2D eigenvalue weighted by Gasteiger charge is 2.13. The SMILES string of the molecule is CCCCCCCCCCCCc1ccccc1S(=O)(=O)O.CC[n+]1ccn(C)c1. The minimum absolute atomic E-state index is 0.0610. The zero-order valence-electron chi connectivity index (χ0n) is 19.1. The van der Waals surface area contributed by atoms with Crippen molar-refractivity contribution in [3.8, 4) is 0 Å². The molecule has 0 aliphatic carbocycles. The van der Waals surface area contributed by atoms with E-state index in [0.717, 1.165) is 24.9 Å². The second-order valence-corrected chi connectivity index (χ2v) is 9.31. The van der Waals surface area contributed by atoms with Gasteiger partial charge < -0.3 is 0 Å². The summed E-state index contributed by atoms with van der Waals surface area (Å²) in [5.74, 6) is 0. The van der Waals surface area contributed by atoms with Crippen LogP contribution in [0, 0.1) is 0 Å². The summed E-state index contributed by atoms with van der Waals surface area (Å²) < 4.78 is 35.9. The predicted octanol–water partition coefficient (Wildman–Crippen LogP) is 5.73. The zero-order valence-corrected chi connectivity index (χ0v) is 19.9. The van der Waals surface area contributed by atoms with Crippen LogP contribution in [0.1, 0.15) is 83.6 Å². The number of benzene rings is 1. The summed E-state index contributed by atoms with van der Waals surface area (Å²) in [7, 11) is -2.08. The van der Waals surface area contributed by atoms with Gasteiger partial charge in [0.05, 0.1) is 18.5 Å². The first-order valence-electron chi connectivity index (χ1n) is 11.4. The van der Waals surface area contributed by atoms with E-state index in [1.165, 1.54) is 57.4 Å². The number of rotatable bonds is 13. The fourth-order valence-electron chi connectivity index (χ4n) is 3.45. The van der Waals surface area contributed by atoms with Crippen LogP contribution in [0.25, 0.3) is 0 Å². The summed E-state index contributed by atoms with van der Waals surface area (Å²) >= 11 is 0. The summed E-state index contributed by atoms with van der Waals surface area (Å²) in [6.07, 6.45) is 19.5. The molecular formula is C24H41N2O3S+. The number of nitrogens with zero attached hydrogens (tertiary/aromatic N) is 2. The molecule has 0 fully saturated rings. The maximum atomic E-state index is 11.3. The lowest BCUT2D eigenvalue weighted by atomic mass is 10.0. The van der Waals surface area contributed by atoms with E-state index < -0.39 is 10.1 Å². The van der Waals surface area contributed by atoms with Gasteiger partial charge in [-0.2, -0.15) is 8.42 Å². The Morgan fingerprint density at radius 3 is 1.93 bits per heavy atom. The van der Waals surface area contributed by atoms with Crippen molar-refractivity contribution < 1.29 is 17.5 Å². The van der Waals surface area contributed by atoms with Crippen molar-refractivity contribution in [2.45, 2.75) is 95.9 Å². The van der Waals surface area contributed by atoms with Crippen LogP contribution in [0.5, 0.6) is 0 Å². The summed E-state index contributed by atoms with van der Waals surface area (Å²) in [4.78, 5) is 0.0610. The monoisotopic (exact) mass is 437 g/mol. The molecular weight excluding hydrogens is 396 g/mol. The van der Waals surface area contributed by atoms with Crippen LogP contribution in [-0.4, -0.2) is 17.5 Å². The van der Waals surface area contributed by atoms with Crippen molar-refractivity contribution in [1.82, 2.24) is 4.57 Å². The van der Waals surface area contributed by atoms with Crippen LogP contribution in [0.4, 0.5) is 0 Å². The fraction of sp³-hybridized carbons (Fsp3) is 0.625. The van der Waals surface area contributed by atoms with Gasteiger partial charge in [0.1, 0.15) is 12.4 Å². The molecule has 0 aliphatic heterocycles. The molecule has 30 heavy (non-hydrogen) atoms. The van der Waals surface area contributed by atoms with Gasteiger partial charge in [0.25, 0.3) is 10.1 Å². The van der Waals surface area contributed by atoms with Gasteiger partial charge in [-0.1, -0.05) is 82.9 Å². The molecule has 0 spiro atoms. The Morgan fingerprint density at radius 1 is 0.900 bits per heavy atom. The van der Waals surface area contributed by atoms with Gasteiger partial charge in [0.15, 0.2) is 0 Å². The van der Waals surface area contributed by atoms with Gasteiger partial charge in [-0.05, 0) is 31.4 Å². The standard InChI is InChI=1S/C18H30O3S.C6H11N2/c1-2-3-4-5-6-7-8-9-10-11-14-17-15-12-13-16-18(17)22(19,20)21;1-3-8-5-4-7(2)6-8/h12-13,15-16H,2-11,14H2,1H3,(H,19,20,21);4-6H,3H2,1-2H3/q;+1. The molecule has 5 nitrogen and oxygen atoms in total. The number of unbranched alkanes of at least 4 members (excludes halogenated alkanes) is 9. The Morgan fingerprint density at radius 2 is 1.47 bits per heavy atom. The highest BCUT2D eigenvalue weighted by atomic mass is 32.2. The van der Waals surface area contributed by atoms with Gasteiger partial charge in [0.2, 0.25) is 6.33 Å². The van der Waals surface area contributed by atoms with Crippen molar-refractivity contribution >= 4 is 10.1 Å². The average Bonchev–Trinajstić information content (AvgIpc) is 3.15. The summed E-state index contributed by atoms with van der Waals surface area (Å²) in [5.41, 5.74) is 0.726. The number of imidazole rings is 1. The summed E-state index contributed by atoms with van der Waals surface area (Å²) in [6.45, 7) is 5.42. The predicted molar refractivity (Wildman–Crippen MR) is 123 cm³/mol. The molecule has 0 unspecified atom stereocenters.